The minimum Gasteiger partial charge on any atom is -0.431 e. The van der Waals surface area contributed by atoms with E-state index in [9.17, 15) is 4.79 Å². The summed E-state index contributed by atoms with van der Waals surface area (Å²) in [4.78, 5) is 10.7. The highest BCUT2D eigenvalue weighted by atomic mass is 16.5. The van der Waals surface area contributed by atoms with Crippen molar-refractivity contribution in [3.8, 4) is 0 Å². The van der Waals surface area contributed by atoms with Crippen molar-refractivity contribution >= 4 is 5.97 Å². The van der Waals surface area contributed by atoms with Gasteiger partial charge in [0.15, 0.2) is 0 Å². The van der Waals surface area contributed by atoms with Gasteiger partial charge in [0.1, 0.15) is 5.76 Å². The second-order valence-corrected chi connectivity index (χ2v) is 2.38. The molecule has 0 amide bonds. The smallest absolute Gasteiger partial charge is 0.317 e. The summed E-state index contributed by atoms with van der Waals surface area (Å²) in [7, 11) is 0. The molecule has 1 heterocycles. The lowest BCUT2D eigenvalue weighted by Crippen LogP contribution is -2.05. The Balaban J connectivity index is 2.87. The molecule has 0 aromatic carbocycles. The fourth-order valence-corrected chi connectivity index (χ4v) is 0.801. The minimum atomic E-state index is -0.120. The van der Waals surface area contributed by atoms with E-state index in [2.05, 4.69) is 0 Å². The van der Waals surface area contributed by atoms with Crippen LogP contribution in [0.5, 0.6) is 0 Å². The molecule has 1 aliphatic heterocycles. The SMILES string of the molecule is CC1=C(C)[C@@H](C)C(=O)O1. The van der Waals surface area contributed by atoms with Crippen molar-refractivity contribution in [3.63, 3.8) is 0 Å². The first-order valence-electron chi connectivity index (χ1n) is 3.02. The van der Waals surface area contributed by atoms with Crippen molar-refractivity contribution in [2.75, 3.05) is 0 Å². The van der Waals surface area contributed by atoms with Crippen molar-refractivity contribution < 1.29 is 9.53 Å². The van der Waals surface area contributed by atoms with Crippen LogP contribution in [0.25, 0.3) is 0 Å². The first-order valence-corrected chi connectivity index (χ1v) is 3.02. The Hall–Kier alpha value is -0.790. The molecule has 2 nitrogen and oxygen atoms in total. The zero-order chi connectivity index (χ0) is 7.02. The molecule has 1 aliphatic rings. The van der Waals surface area contributed by atoms with Crippen LogP contribution >= 0.6 is 0 Å². The van der Waals surface area contributed by atoms with Gasteiger partial charge in [0, 0.05) is 0 Å². The predicted molar refractivity (Wildman–Crippen MR) is 33.6 cm³/mol. The number of carbonyl (C=O) groups is 1. The van der Waals surface area contributed by atoms with Gasteiger partial charge in [-0.3, -0.25) is 4.79 Å². The average molecular weight is 126 g/mol. The van der Waals surface area contributed by atoms with Crippen LogP contribution in [0.15, 0.2) is 11.3 Å². The maximum atomic E-state index is 10.7. The van der Waals surface area contributed by atoms with Crippen LogP contribution in [0, 0.1) is 5.92 Å². The highest BCUT2D eigenvalue weighted by Crippen LogP contribution is 2.24. The fourth-order valence-electron chi connectivity index (χ4n) is 0.801. The maximum absolute atomic E-state index is 10.7. The van der Waals surface area contributed by atoms with E-state index in [0.717, 1.165) is 11.3 Å². The summed E-state index contributed by atoms with van der Waals surface area (Å²) in [6.45, 7) is 5.59. The Bertz CT molecular complexity index is 179. The molecule has 0 aliphatic carbocycles. The van der Waals surface area contributed by atoms with Gasteiger partial charge in [-0.05, 0) is 26.3 Å². The minimum absolute atomic E-state index is 0.0231. The van der Waals surface area contributed by atoms with Crippen LogP contribution in [-0.4, -0.2) is 5.97 Å². The van der Waals surface area contributed by atoms with Crippen molar-refractivity contribution in [2.45, 2.75) is 20.8 Å². The molecule has 50 valence electrons. The number of ether oxygens (including phenoxy) is 1. The third-order valence-electron chi connectivity index (χ3n) is 1.81. The van der Waals surface area contributed by atoms with Crippen LogP contribution < -0.4 is 0 Å². The van der Waals surface area contributed by atoms with Crippen molar-refractivity contribution in [1.29, 1.82) is 0 Å². The Morgan fingerprint density at radius 1 is 1.44 bits per heavy atom. The Morgan fingerprint density at radius 3 is 2.11 bits per heavy atom. The maximum Gasteiger partial charge on any atom is 0.317 e. The fraction of sp³-hybridized carbons (Fsp3) is 0.571. The molecule has 1 atom stereocenters. The topological polar surface area (TPSA) is 26.3 Å². The molecule has 0 radical (unpaired) electrons. The molecule has 0 saturated heterocycles. The lowest BCUT2D eigenvalue weighted by atomic mass is 10.1. The van der Waals surface area contributed by atoms with Crippen LogP contribution in [0.2, 0.25) is 0 Å². The zero-order valence-corrected chi connectivity index (χ0v) is 5.89. The van der Waals surface area contributed by atoms with E-state index in [1.807, 2.05) is 20.8 Å². The van der Waals surface area contributed by atoms with E-state index in [1.54, 1.807) is 0 Å². The van der Waals surface area contributed by atoms with E-state index >= 15 is 0 Å². The Labute approximate surface area is 54.5 Å². The molecule has 0 N–H and O–H groups in total. The number of esters is 1. The number of carbonyl (C=O) groups excluding carboxylic acids is 1. The van der Waals surface area contributed by atoms with Gasteiger partial charge in [-0.1, -0.05) is 0 Å². The quantitative estimate of drug-likeness (QED) is 0.459. The molecule has 0 aromatic heterocycles. The monoisotopic (exact) mass is 126 g/mol. The number of rotatable bonds is 0. The summed E-state index contributed by atoms with van der Waals surface area (Å²) >= 11 is 0. The van der Waals surface area contributed by atoms with Crippen LogP contribution in [0.4, 0.5) is 0 Å². The molecule has 9 heavy (non-hydrogen) atoms. The standard InChI is InChI=1S/C7H10O2/c1-4-5(2)7(8)9-6(4)3/h5H,1-3H3/t5-/m1/s1. The Kier molecular flexibility index (Phi) is 1.31. The zero-order valence-electron chi connectivity index (χ0n) is 5.89. The van der Waals surface area contributed by atoms with E-state index < -0.39 is 0 Å². The molecular formula is C7H10O2. The molecule has 0 bridgehead atoms. The third-order valence-corrected chi connectivity index (χ3v) is 1.81. The number of allylic oxidation sites excluding steroid dienone is 1. The highest BCUT2D eigenvalue weighted by Gasteiger charge is 2.25. The van der Waals surface area contributed by atoms with E-state index in [0.29, 0.717) is 0 Å². The van der Waals surface area contributed by atoms with Gasteiger partial charge in [0.25, 0.3) is 0 Å². The first-order chi connectivity index (χ1) is 4.13. The van der Waals surface area contributed by atoms with Crippen LogP contribution in [-0.2, 0) is 9.53 Å². The predicted octanol–water partition coefficient (Wildman–Crippen LogP) is 1.47. The second-order valence-electron chi connectivity index (χ2n) is 2.38. The first kappa shape index (κ1) is 6.33. The number of cyclic esters (lactones) is 1. The van der Waals surface area contributed by atoms with Crippen molar-refractivity contribution in [1.82, 2.24) is 0 Å². The molecule has 2 heteroatoms. The van der Waals surface area contributed by atoms with Gasteiger partial charge in [-0.2, -0.15) is 0 Å². The second kappa shape index (κ2) is 1.87. The third kappa shape index (κ3) is 0.846. The molecule has 0 spiro atoms. The summed E-state index contributed by atoms with van der Waals surface area (Å²) in [6, 6.07) is 0. The van der Waals surface area contributed by atoms with E-state index in [-0.39, 0.29) is 11.9 Å². The summed E-state index contributed by atoms with van der Waals surface area (Å²) in [5.41, 5.74) is 1.06. The van der Waals surface area contributed by atoms with Gasteiger partial charge in [0.05, 0.1) is 5.92 Å². The van der Waals surface area contributed by atoms with Crippen LogP contribution in [0.1, 0.15) is 20.8 Å². The van der Waals surface area contributed by atoms with Crippen LogP contribution in [0.3, 0.4) is 0 Å². The molecule has 1 rings (SSSR count). The molecule has 0 saturated carbocycles. The van der Waals surface area contributed by atoms with Gasteiger partial charge in [-0.15, -0.1) is 0 Å². The lowest BCUT2D eigenvalue weighted by molar-refractivity contribution is -0.139. The largest absolute Gasteiger partial charge is 0.431 e. The summed E-state index contributed by atoms with van der Waals surface area (Å²) in [5.74, 6) is 0.627. The molecule has 0 fully saturated rings. The van der Waals surface area contributed by atoms with E-state index in [1.165, 1.54) is 0 Å². The van der Waals surface area contributed by atoms with Crippen molar-refractivity contribution in [3.05, 3.63) is 11.3 Å². The average Bonchev–Trinajstić information content (AvgIpc) is 1.98. The summed E-state index contributed by atoms with van der Waals surface area (Å²) in [5, 5.41) is 0. The summed E-state index contributed by atoms with van der Waals surface area (Å²) in [6.07, 6.45) is 0. The van der Waals surface area contributed by atoms with Gasteiger partial charge in [-0.25, -0.2) is 0 Å². The number of hydrogen-bond acceptors (Lipinski definition) is 2. The van der Waals surface area contributed by atoms with Gasteiger partial charge < -0.3 is 4.74 Å². The molecule has 0 aromatic rings. The number of hydrogen-bond donors (Lipinski definition) is 0. The Morgan fingerprint density at radius 2 is 2.00 bits per heavy atom. The highest BCUT2D eigenvalue weighted by molar-refractivity contribution is 5.79. The van der Waals surface area contributed by atoms with E-state index in [4.69, 9.17) is 4.74 Å². The molecular weight excluding hydrogens is 116 g/mol. The van der Waals surface area contributed by atoms with Gasteiger partial charge in [0.2, 0.25) is 0 Å². The lowest BCUT2D eigenvalue weighted by Gasteiger charge is -1.94. The van der Waals surface area contributed by atoms with Crippen molar-refractivity contribution in [2.24, 2.45) is 5.92 Å². The normalized spacial score (nSPS) is 27.0. The molecule has 0 unspecified atom stereocenters. The van der Waals surface area contributed by atoms with Gasteiger partial charge >= 0.3 is 5.97 Å². The summed E-state index contributed by atoms with van der Waals surface area (Å²) < 4.78 is 4.83.